The maximum absolute atomic E-state index is 13.8. The molecule has 1 aliphatic heterocycles. The van der Waals surface area contributed by atoms with E-state index in [1.807, 2.05) is 18.2 Å². The molecule has 4 atom stereocenters. The number of nitrogens with zero attached hydrogens (tertiary/aromatic N) is 3. The number of ether oxygens (including phenoxy) is 1. The van der Waals surface area contributed by atoms with Gasteiger partial charge in [-0.1, -0.05) is 23.7 Å². The third-order valence-corrected chi connectivity index (χ3v) is 8.68. The lowest BCUT2D eigenvalue weighted by Gasteiger charge is -2.36. The number of non-ortho nitro benzene ring substituents is 1. The number of carbonyl (C=O) groups excluding carboxylic acids is 2. The molecule has 5 rings (SSSR count). The van der Waals surface area contributed by atoms with Crippen LogP contribution in [0, 0.1) is 27.9 Å². The van der Waals surface area contributed by atoms with E-state index < -0.39 is 47.2 Å². The van der Waals surface area contributed by atoms with Gasteiger partial charge in [0.05, 0.1) is 52.5 Å². The van der Waals surface area contributed by atoms with Gasteiger partial charge in [0.1, 0.15) is 5.75 Å². The summed E-state index contributed by atoms with van der Waals surface area (Å²) in [4.78, 5) is 43.6. The second kappa shape index (κ2) is 13.7. The predicted molar refractivity (Wildman–Crippen MR) is 167 cm³/mol. The fourth-order valence-electron chi connectivity index (χ4n) is 6.36. The maximum atomic E-state index is 13.8. The molecule has 2 aromatic carbocycles. The molecule has 2 heterocycles. The van der Waals surface area contributed by atoms with E-state index in [1.54, 1.807) is 18.3 Å². The number of allylic oxidation sites excluding steroid dienone is 1. The van der Waals surface area contributed by atoms with Gasteiger partial charge in [0, 0.05) is 31.4 Å². The van der Waals surface area contributed by atoms with Crippen molar-refractivity contribution in [3.8, 4) is 5.75 Å². The quantitative estimate of drug-likeness (QED) is 0.117. The molecular formula is C33H32ClN3O8. The molecule has 1 aromatic heterocycles. The van der Waals surface area contributed by atoms with E-state index in [9.17, 15) is 35.0 Å². The Kier molecular flexibility index (Phi) is 9.74. The van der Waals surface area contributed by atoms with Crippen LogP contribution >= 0.6 is 11.6 Å². The molecule has 1 fully saturated rings. The number of aliphatic hydroxyl groups is 2. The first-order valence-electron chi connectivity index (χ1n) is 14.4. The van der Waals surface area contributed by atoms with Gasteiger partial charge in [-0.2, -0.15) is 0 Å². The fourth-order valence-corrected chi connectivity index (χ4v) is 6.59. The number of carbonyl (C=O) groups is 2. The van der Waals surface area contributed by atoms with E-state index in [2.05, 4.69) is 4.98 Å². The van der Waals surface area contributed by atoms with Crippen LogP contribution in [-0.4, -0.2) is 63.5 Å². The van der Waals surface area contributed by atoms with Crippen molar-refractivity contribution in [2.75, 3.05) is 25.2 Å². The van der Waals surface area contributed by atoms with Gasteiger partial charge in [-0.3, -0.25) is 24.7 Å². The third kappa shape index (κ3) is 6.52. The summed E-state index contributed by atoms with van der Waals surface area (Å²) in [5.41, 5.74) is 2.96. The Morgan fingerprint density at radius 2 is 1.98 bits per heavy atom. The number of benzene rings is 2. The van der Waals surface area contributed by atoms with E-state index in [0.29, 0.717) is 33.8 Å². The van der Waals surface area contributed by atoms with Gasteiger partial charge in [-0.25, -0.2) is 4.90 Å². The van der Waals surface area contributed by atoms with Crippen LogP contribution < -0.4 is 4.90 Å². The molecule has 0 unspecified atom stereocenters. The molecule has 1 aliphatic carbocycles. The molecular weight excluding hydrogens is 602 g/mol. The number of halogens is 1. The lowest BCUT2D eigenvalue weighted by Crippen LogP contribution is -2.39. The van der Waals surface area contributed by atoms with E-state index >= 15 is 0 Å². The molecule has 2 amide bonds. The number of phenolic OH excluding ortho intramolecular Hbond substituents is 1. The number of aliphatic hydroxyl groups excluding tert-OH is 2. The van der Waals surface area contributed by atoms with Crippen LogP contribution in [0.5, 0.6) is 5.75 Å². The smallest absolute Gasteiger partial charge is 0.271 e. The number of aromatic hydroxyl groups is 1. The Labute approximate surface area is 264 Å². The number of fused-ring (bicyclic) bond motifs is 1. The third-order valence-electron chi connectivity index (χ3n) is 8.35. The molecule has 3 N–H and O–H groups in total. The van der Waals surface area contributed by atoms with Crippen LogP contribution in [-0.2, 0) is 14.3 Å². The number of amides is 2. The monoisotopic (exact) mass is 633 g/mol. The zero-order chi connectivity index (χ0) is 32.2. The number of aromatic nitrogens is 1. The topological polar surface area (TPSA) is 163 Å². The van der Waals surface area contributed by atoms with Crippen molar-refractivity contribution in [1.29, 1.82) is 0 Å². The summed E-state index contributed by atoms with van der Waals surface area (Å²) in [7, 11) is 1.48. The number of pyridine rings is 1. The first-order valence-corrected chi connectivity index (χ1v) is 14.7. The molecule has 0 radical (unpaired) electrons. The van der Waals surface area contributed by atoms with Crippen LogP contribution in [0.1, 0.15) is 30.5 Å². The molecule has 234 valence electrons. The number of nitro benzene ring substituents is 1. The Hall–Kier alpha value is -4.42. The normalized spacial score (nSPS) is 20.8. The number of nitro groups is 1. The Morgan fingerprint density at radius 1 is 1.18 bits per heavy atom. The molecule has 0 spiro atoms. The maximum Gasteiger partial charge on any atom is 0.271 e. The number of imide groups is 1. The minimum Gasteiger partial charge on any atom is -0.508 e. The number of phenols is 1. The Balaban J connectivity index is 1.46. The van der Waals surface area contributed by atoms with Crippen molar-refractivity contribution in [2.45, 2.75) is 25.4 Å². The van der Waals surface area contributed by atoms with Gasteiger partial charge < -0.3 is 20.1 Å². The van der Waals surface area contributed by atoms with E-state index in [4.69, 9.17) is 16.3 Å². The van der Waals surface area contributed by atoms with Gasteiger partial charge in [0.15, 0.2) is 0 Å². The molecule has 1 saturated heterocycles. The van der Waals surface area contributed by atoms with Gasteiger partial charge in [0.2, 0.25) is 11.8 Å². The minimum absolute atomic E-state index is 0.0270. The van der Waals surface area contributed by atoms with Gasteiger partial charge in [0.25, 0.3) is 5.69 Å². The molecule has 45 heavy (non-hydrogen) atoms. The second-order valence-corrected chi connectivity index (χ2v) is 11.5. The standard InChI is InChI=1S/C33H32ClN3O8/c1-45-18-21-14-25-31(33(42)36(32(25)41)22-5-4-6-23(15-22)37(43)44)26(17-38)30(21)29(40)11-9-20(28-7-2-3-12-35-28)13-19-8-10-24(39)16-27(19)34/h2-8,10,12-13,15-16,25-26,29,31,38-40H,9,11,14,17-18H2,1H3/b20-13-/t25-,26+,29-,31-/m1/s1. The van der Waals surface area contributed by atoms with E-state index in [0.717, 1.165) is 10.5 Å². The first-order chi connectivity index (χ1) is 21.6. The number of rotatable bonds is 11. The number of hydrogen-bond donors (Lipinski definition) is 3. The van der Waals surface area contributed by atoms with Crippen LogP contribution in [0.3, 0.4) is 0 Å². The fraction of sp³-hybridized carbons (Fsp3) is 0.303. The van der Waals surface area contributed by atoms with Crippen LogP contribution in [0.2, 0.25) is 5.02 Å². The summed E-state index contributed by atoms with van der Waals surface area (Å²) < 4.78 is 5.42. The first kappa shape index (κ1) is 32.0. The van der Waals surface area contributed by atoms with Crippen molar-refractivity contribution in [3.63, 3.8) is 0 Å². The average Bonchev–Trinajstić information content (AvgIpc) is 3.28. The zero-order valence-electron chi connectivity index (χ0n) is 24.4. The summed E-state index contributed by atoms with van der Waals surface area (Å²) in [5, 5.41) is 43.7. The highest BCUT2D eigenvalue weighted by molar-refractivity contribution is 6.32. The van der Waals surface area contributed by atoms with Crippen molar-refractivity contribution >= 4 is 46.4 Å². The lowest BCUT2D eigenvalue weighted by molar-refractivity contribution is -0.384. The number of methoxy groups -OCH3 is 1. The largest absolute Gasteiger partial charge is 0.508 e. The highest BCUT2D eigenvalue weighted by atomic mass is 35.5. The van der Waals surface area contributed by atoms with Crippen LogP contribution in [0.15, 0.2) is 78.0 Å². The number of hydrogen-bond acceptors (Lipinski definition) is 9. The molecule has 3 aromatic rings. The summed E-state index contributed by atoms with van der Waals surface area (Å²) >= 11 is 6.37. The highest BCUT2D eigenvalue weighted by Crippen LogP contribution is 2.47. The molecule has 0 bridgehead atoms. The predicted octanol–water partition coefficient (Wildman–Crippen LogP) is 4.79. The summed E-state index contributed by atoms with van der Waals surface area (Å²) in [6.07, 6.45) is 3.02. The van der Waals surface area contributed by atoms with E-state index in [-0.39, 0.29) is 36.6 Å². The van der Waals surface area contributed by atoms with Crippen molar-refractivity contribution in [2.24, 2.45) is 17.8 Å². The summed E-state index contributed by atoms with van der Waals surface area (Å²) in [6, 6.07) is 15.4. The second-order valence-electron chi connectivity index (χ2n) is 11.1. The van der Waals surface area contributed by atoms with Crippen molar-refractivity contribution < 1.29 is 34.6 Å². The highest BCUT2D eigenvalue weighted by Gasteiger charge is 2.55. The van der Waals surface area contributed by atoms with Crippen LogP contribution in [0.4, 0.5) is 11.4 Å². The molecule has 2 aliphatic rings. The summed E-state index contributed by atoms with van der Waals surface area (Å²) in [6.45, 7) is -0.426. The lowest BCUT2D eigenvalue weighted by atomic mass is 9.68. The van der Waals surface area contributed by atoms with E-state index in [1.165, 1.54) is 43.5 Å². The van der Waals surface area contributed by atoms with Crippen LogP contribution in [0.25, 0.3) is 11.6 Å². The van der Waals surface area contributed by atoms with Gasteiger partial charge >= 0.3 is 0 Å². The van der Waals surface area contributed by atoms with Crippen molar-refractivity contribution in [1.82, 2.24) is 4.98 Å². The van der Waals surface area contributed by atoms with Gasteiger partial charge in [-0.15, -0.1) is 0 Å². The average molecular weight is 634 g/mol. The van der Waals surface area contributed by atoms with Crippen molar-refractivity contribution in [3.05, 3.63) is 104 Å². The Bertz CT molecular complexity index is 1680. The SMILES string of the molecule is COCC1=C([C@H](O)CC/C(=C/c2ccc(O)cc2Cl)c2ccccn2)[C@H](CO)[C@@H]2C(=O)N(c3cccc([N+](=O)[O-])c3)C(=O)[C@@H]2C1. The summed E-state index contributed by atoms with van der Waals surface area (Å²) in [5.74, 6) is -3.74. The molecule has 11 nitrogen and oxygen atoms in total. The minimum atomic E-state index is -1.11. The molecule has 0 saturated carbocycles. The number of anilines is 1. The Morgan fingerprint density at radius 3 is 2.64 bits per heavy atom. The zero-order valence-corrected chi connectivity index (χ0v) is 25.1. The van der Waals surface area contributed by atoms with Gasteiger partial charge in [-0.05, 0) is 84.0 Å². The molecule has 12 heteroatoms.